The van der Waals surface area contributed by atoms with Crippen LogP contribution in [-0.4, -0.2) is 22.1 Å². The molecule has 0 saturated heterocycles. The molecule has 1 heterocycles. The van der Waals surface area contributed by atoms with E-state index in [-0.39, 0.29) is 0 Å². The molecule has 0 aliphatic rings. The fraction of sp³-hybridized carbons (Fsp3) is 0.500. The lowest BCUT2D eigenvalue weighted by Gasteiger charge is -2.11. The van der Waals surface area contributed by atoms with E-state index in [1.807, 2.05) is 0 Å². The molecule has 1 atom stereocenters. The van der Waals surface area contributed by atoms with Gasteiger partial charge in [-0.15, -0.1) is 0 Å². The summed E-state index contributed by atoms with van der Waals surface area (Å²) in [6.45, 7) is 7.45. The molecule has 3 heteroatoms. The zero-order chi connectivity index (χ0) is 12.4. The summed E-state index contributed by atoms with van der Waals surface area (Å²) in [4.78, 5) is 4.72. The van der Waals surface area contributed by atoms with Gasteiger partial charge in [-0.3, -0.25) is 0 Å². The van der Waals surface area contributed by atoms with E-state index in [2.05, 4.69) is 55.9 Å². The Kier molecular flexibility index (Phi) is 3.48. The number of imidazole rings is 1. The summed E-state index contributed by atoms with van der Waals surface area (Å²) < 4.78 is 2.20. The van der Waals surface area contributed by atoms with Crippen molar-refractivity contribution in [3.8, 4) is 0 Å². The Morgan fingerprint density at radius 1 is 1.41 bits per heavy atom. The lowest BCUT2D eigenvalue weighted by atomic mass is 10.2. The highest BCUT2D eigenvalue weighted by Crippen LogP contribution is 2.17. The third kappa shape index (κ3) is 2.50. The third-order valence-electron chi connectivity index (χ3n) is 3.17. The summed E-state index contributed by atoms with van der Waals surface area (Å²) in [6.07, 6.45) is 0.970. The minimum Gasteiger partial charge on any atom is -0.331 e. The number of benzene rings is 1. The van der Waals surface area contributed by atoms with E-state index >= 15 is 0 Å². The first-order valence-electron chi connectivity index (χ1n) is 6.27. The molecule has 0 aliphatic carbocycles. The number of hydrogen-bond acceptors (Lipinski definition) is 2. The van der Waals surface area contributed by atoms with Crippen LogP contribution in [-0.2, 0) is 13.5 Å². The van der Waals surface area contributed by atoms with E-state index in [4.69, 9.17) is 4.98 Å². The lowest BCUT2D eigenvalue weighted by molar-refractivity contribution is 0.545. The molecule has 0 saturated carbocycles. The van der Waals surface area contributed by atoms with Gasteiger partial charge in [-0.25, -0.2) is 4.98 Å². The normalized spacial score (nSPS) is 13.2. The largest absolute Gasteiger partial charge is 0.331 e. The molecule has 1 aromatic carbocycles. The molecule has 0 fully saturated rings. The molecule has 2 rings (SSSR count). The lowest BCUT2D eigenvalue weighted by Crippen LogP contribution is -2.28. The molecule has 92 valence electrons. The topological polar surface area (TPSA) is 29.9 Å². The van der Waals surface area contributed by atoms with Gasteiger partial charge in [0.25, 0.3) is 0 Å². The highest BCUT2D eigenvalue weighted by atomic mass is 15.1. The van der Waals surface area contributed by atoms with Crippen LogP contribution in [0.2, 0.25) is 0 Å². The SMILES string of the molecule is CCNC(C)Cc1nc2cc(C)ccc2n1C. The summed E-state index contributed by atoms with van der Waals surface area (Å²) in [5.74, 6) is 1.15. The van der Waals surface area contributed by atoms with Crippen LogP contribution in [0.15, 0.2) is 18.2 Å². The molecular formula is C14H21N3. The zero-order valence-electron chi connectivity index (χ0n) is 11.1. The minimum absolute atomic E-state index is 0.469. The average molecular weight is 231 g/mol. The van der Waals surface area contributed by atoms with Gasteiger partial charge in [-0.1, -0.05) is 13.0 Å². The predicted octanol–water partition coefficient (Wildman–Crippen LogP) is 2.42. The van der Waals surface area contributed by atoms with Gasteiger partial charge < -0.3 is 9.88 Å². The van der Waals surface area contributed by atoms with Gasteiger partial charge in [-0.05, 0) is 38.1 Å². The molecule has 1 unspecified atom stereocenters. The van der Waals surface area contributed by atoms with Gasteiger partial charge >= 0.3 is 0 Å². The zero-order valence-corrected chi connectivity index (χ0v) is 11.1. The predicted molar refractivity (Wildman–Crippen MR) is 72.3 cm³/mol. The van der Waals surface area contributed by atoms with Crippen molar-refractivity contribution in [2.75, 3.05) is 6.54 Å². The smallest absolute Gasteiger partial charge is 0.111 e. The van der Waals surface area contributed by atoms with Crippen molar-refractivity contribution in [1.29, 1.82) is 0 Å². The third-order valence-corrected chi connectivity index (χ3v) is 3.17. The molecule has 0 aliphatic heterocycles. The number of nitrogens with one attached hydrogen (secondary N) is 1. The second-order valence-corrected chi connectivity index (χ2v) is 4.74. The highest BCUT2D eigenvalue weighted by molar-refractivity contribution is 5.76. The Hall–Kier alpha value is -1.35. The first kappa shape index (κ1) is 12.1. The van der Waals surface area contributed by atoms with Crippen LogP contribution in [0.3, 0.4) is 0 Å². The Bertz CT molecular complexity index is 513. The van der Waals surface area contributed by atoms with Crippen molar-refractivity contribution in [3.05, 3.63) is 29.6 Å². The number of nitrogens with zero attached hydrogens (tertiary/aromatic N) is 2. The summed E-state index contributed by atoms with van der Waals surface area (Å²) in [5, 5.41) is 3.42. The van der Waals surface area contributed by atoms with E-state index in [0.717, 1.165) is 24.3 Å². The molecule has 17 heavy (non-hydrogen) atoms. The summed E-state index contributed by atoms with van der Waals surface area (Å²) in [6, 6.07) is 6.91. The maximum atomic E-state index is 4.72. The van der Waals surface area contributed by atoms with Crippen molar-refractivity contribution in [2.24, 2.45) is 7.05 Å². The van der Waals surface area contributed by atoms with Crippen LogP contribution in [0.4, 0.5) is 0 Å². The van der Waals surface area contributed by atoms with E-state index in [0.29, 0.717) is 6.04 Å². The van der Waals surface area contributed by atoms with Gasteiger partial charge in [0, 0.05) is 19.5 Å². The molecule has 0 bridgehead atoms. The van der Waals surface area contributed by atoms with Crippen molar-refractivity contribution >= 4 is 11.0 Å². The molecular weight excluding hydrogens is 210 g/mol. The Balaban J connectivity index is 2.32. The Labute approximate surface area is 103 Å². The monoisotopic (exact) mass is 231 g/mol. The number of likely N-dealkylation sites (N-methyl/N-ethyl adjacent to an activating group) is 1. The maximum absolute atomic E-state index is 4.72. The van der Waals surface area contributed by atoms with Crippen LogP contribution in [0, 0.1) is 6.92 Å². The van der Waals surface area contributed by atoms with E-state index in [1.54, 1.807) is 0 Å². The highest BCUT2D eigenvalue weighted by Gasteiger charge is 2.10. The van der Waals surface area contributed by atoms with E-state index in [9.17, 15) is 0 Å². The molecule has 1 N–H and O–H groups in total. The molecule has 0 radical (unpaired) electrons. The van der Waals surface area contributed by atoms with E-state index in [1.165, 1.54) is 11.1 Å². The van der Waals surface area contributed by atoms with Crippen LogP contribution < -0.4 is 5.32 Å². The Morgan fingerprint density at radius 3 is 2.88 bits per heavy atom. The number of aryl methyl sites for hydroxylation is 2. The number of aromatic nitrogens is 2. The summed E-state index contributed by atoms with van der Waals surface area (Å²) >= 11 is 0. The molecule has 3 nitrogen and oxygen atoms in total. The second kappa shape index (κ2) is 4.88. The van der Waals surface area contributed by atoms with Crippen LogP contribution in [0.5, 0.6) is 0 Å². The fourth-order valence-corrected chi connectivity index (χ4v) is 2.24. The van der Waals surface area contributed by atoms with Gasteiger partial charge in [-0.2, -0.15) is 0 Å². The molecule has 0 amide bonds. The first-order chi connectivity index (χ1) is 8.11. The standard InChI is InChI=1S/C14H21N3/c1-5-15-11(3)9-14-16-12-8-10(2)6-7-13(12)17(14)4/h6-8,11,15H,5,9H2,1-4H3. The van der Waals surface area contributed by atoms with E-state index < -0.39 is 0 Å². The van der Waals surface area contributed by atoms with Crippen LogP contribution >= 0.6 is 0 Å². The van der Waals surface area contributed by atoms with Crippen molar-refractivity contribution < 1.29 is 0 Å². The molecule has 0 spiro atoms. The fourth-order valence-electron chi connectivity index (χ4n) is 2.24. The van der Waals surface area contributed by atoms with Crippen molar-refractivity contribution in [1.82, 2.24) is 14.9 Å². The summed E-state index contributed by atoms with van der Waals surface area (Å²) in [7, 11) is 2.10. The van der Waals surface area contributed by atoms with Crippen molar-refractivity contribution in [3.63, 3.8) is 0 Å². The van der Waals surface area contributed by atoms with Crippen molar-refractivity contribution in [2.45, 2.75) is 33.2 Å². The number of hydrogen-bond donors (Lipinski definition) is 1. The summed E-state index contributed by atoms with van der Waals surface area (Å²) in [5.41, 5.74) is 3.59. The first-order valence-corrected chi connectivity index (χ1v) is 6.27. The van der Waals surface area contributed by atoms with Gasteiger partial charge in [0.2, 0.25) is 0 Å². The second-order valence-electron chi connectivity index (χ2n) is 4.74. The quantitative estimate of drug-likeness (QED) is 0.875. The average Bonchev–Trinajstić information content (AvgIpc) is 2.55. The van der Waals surface area contributed by atoms with Crippen LogP contribution in [0.25, 0.3) is 11.0 Å². The Morgan fingerprint density at radius 2 is 2.18 bits per heavy atom. The number of rotatable bonds is 4. The molecule has 1 aromatic heterocycles. The molecule has 2 aromatic rings. The van der Waals surface area contributed by atoms with Gasteiger partial charge in [0.05, 0.1) is 11.0 Å². The maximum Gasteiger partial charge on any atom is 0.111 e. The number of fused-ring (bicyclic) bond motifs is 1. The van der Waals surface area contributed by atoms with Gasteiger partial charge in [0.1, 0.15) is 5.82 Å². The minimum atomic E-state index is 0.469. The van der Waals surface area contributed by atoms with Gasteiger partial charge in [0.15, 0.2) is 0 Å². The van der Waals surface area contributed by atoms with Crippen LogP contribution in [0.1, 0.15) is 25.2 Å².